The summed E-state index contributed by atoms with van der Waals surface area (Å²) in [6.45, 7) is 1.98. The van der Waals surface area contributed by atoms with E-state index in [1.807, 2.05) is 6.92 Å². The van der Waals surface area contributed by atoms with Gasteiger partial charge in [0.05, 0.1) is 0 Å². The highest BCUT2D eigenvalue weighted by atomic mass is 35.5. The fraction of sp³-hybridized carbons (Fsp3) is 0.154. The van der Waals surface area contributed by atoms with E-state index in [-0.39, 0.29) is 5.91 Å². The van der Waals surface area contributed by atoms with Gasteiger partial charge < -0.3 is 0 Å². The summed E-state index contributed by atoms with van der Waals surface area (Å²) in [6, 6.07) is 5.17. The Balaban J connectivity index is 2.06. The normalized spacial score (nSPS) is 10.9. The Hall–Kier alpha value is -1.43. The first-order valence-electron chi connectivity index (χ1n) is 5.85. The van der Waals surface area contributed by atoms with Crippen LogP contribution in [0.1, 0.15) is 17.5 Å². The molecule has 0 bridgehead atoms. The number of halogens is 2. The van der Waals surface area contributed by atoms with Crippen molar-refractivity contribution in [3.8, 4) is 0 Å². The zero-order chi connectivity index (χ0) is 14.5. The summed E-state index contributed by atoms with van der Waals surface area (Å²) in [5, 5.41) is 12.8. The number of rotatable bonds is 4. The molecule has 0 saturated heterocycles. The van der Waals surface area contributed by atoms with E-state index in [1.54, 1.807) is 24.3 Å². The predicted octanol–water partition coefficient (Wildman–Crippen LogP) is 4.06. The van der Waals surface area contributed by atoms with Gasteiger partial charge in [0.2, 0.25) is 11.0 Å². The number of hydrogen-bond donors (Lipinski definition) is 1. The topological polar surface area (TPSA) is 54.9 Å². The molecule has 0 spiro atoms. The van der Waals surface area contributed by atoms with Crippen molar-refractivity contribution in [3.63, 3.8) is 0 Å². The second-order valence-corrected chi connectivity index (χ2v) is 5.69. The Kier molecular flexibility index (Phi) is 5.11. The lowest BCUT2D eigenvalue weighted by Crippen LogP contribution is -2.07. The van der Waals surface area contributed by atoms with Crippen LogP contribution in [0.4, 0.5) is 5.13 Å². The van der Waals surface area contributed by atoms with E-state index in [0.29, 0.717) is 20.7 Å². The van der Waals surface area contributed by atoms with Gasteiger partial charge in [-0.05, 0) is 24.6 Å². The monoisotopic (exact) mass is 327 g/mol. The first kappa shape index (κ1) is 15.0. The van der Waals surface area contributed by atoms with Gasteiger partial charge >= 0.3 is 0 Å². The van der Waals surface area contributed by atoms with Crippen LogP contribution in [-0.4, -0.2) is 16.1 Å². The van der Waals surface area contributed by atoms with Crippen LogP contribution in [0.2, 0.25) is 10.0 Å². The van der Waals surface area contributed by atoms with Crippen molar-refractivity contribution in [2.45, 2.75) is 13.3 Å². The van der Waals surface area contributed by atoms with Gasteiger partial charge in [0.15, 0.2) is 0 Å². The lowest BCUT2D eigenvalue weighted by Gasteiger charge is -2.00. The third-order valence-corrected chi connectivity index (χ3v) is 4.04. The van der Waals surface area contributed by atoms with Crippen LogP contribution in [0.25, 0.3) is 6.08 Å². The molecule has 0 aliphatic rings. The standard InChI is InChI=1S/C13H11Cl2N3OS/c1-2-12-17-18-13(20-12)16-11(19)7-6-8-9(14)4-3-5-10(8)15/h3-7H,2H2,1H3,(H,16,18,19)/b7-6+. The number of anilines is 1. The van der Waals surface area contributed by atoms with Gasteiger partial charge in [0.1, 0.15) is 5.01 Å². The number of nitrogens with one attached hydrogen (secondary N) is 1. The lowest BCUT2D eigenvalue weighted by molar-refractivity contribution is -0.111. The molecule has 4 nitrogen and oxygen atoms in total. The molecule has 7 heteroatoms. The molecule has 0 fully saturated rings. The van der Waals surface area contributed by atoms with Crippen molar-refractivity contribution in [3.05, 3.63) is 44.9 Å². The van der Waals surface area contributed by atoms with Crippen LogP contribution >= 0.6 is 34.5 Å². The Morgan fingerprint density at radius 2 is 2.05 bits per heavy atom. The Morgan fingerprint density at radius 3 is 2.65 bits per heavy atom. The molecule has 2 aromatic rings. The molecule has 1 N–H and O–H groups in total. The van der Waals surface area contributed by atoms with Crippen molar-refractivity contribution < 1.29 is 4.79 Å². The quantitative estimate of drug-likeness (QED) is 0.861. The summed E-state index contributed by atoms with van der Waals surface area (Å²) in [6.07, 6.45) is 3.72. The van der Waals surface area contributed by atoms with Gasteiger partial charge in [-0.25, -0.2) is 0 Å². The number of aryl methyl sites for hydroxylation is 1. The van der Waals surface area contributed by atoms with Crippen LogP contribution in [-0.2, 0) is 11.2 Å². The van der Waals surface area contributed by atoms with Crippen molar-refractivity contribution in [2.24, 2.45) is 0 Å². The van der Waals surface area contributed by atoms with E-state index in [1.165, 1.54) is 17.4 Å². The Bertz CT molecular complexity index is 635. The number of carbonyl (C=O) groups is 1. The second-order valence-electron chi connectivity index (χ2n) is 3.81. The highest BCUT2D eigenvalue weighted by molar-refractivity contribution is 7.15. The third kappa shape index (κ3) is 3.79. The molecule has 0 unspecified atom stereocenters. The van der Waals surface area contributed by atoms with E-state index in [2.05, 4.69) is 15.5 Å². The molecule has 1 heterocycles. The fourth-order valence-electron chi connectivity index (χ4n) is 1.42. The van der Waals surface area contributed by atoms with Crippen molar-refractivity contribution in [1.82, 2.24) is 10.2 Å². The molecule has 0 aliphatic heterocycles. The average molecular weight is 328 g/mol. The molecular formula is C13H11Cl2N3OS. The number of nitrogens with zero attached hydrogens (tertiary/aromatic N) is 2. The second kappa shape index (κ2) is 6.83. The van der Waals surface area contributed by atoms with Gasteiger partial charge in [-0.15, -0.1) is 10.2 Å². The number of amides is 1. The van der Waals surface area contributed by atoms with Gasteiger partial charge in [0.25, 0.3) is 0 Å². The molecule has 0 aliphatic carbocycles. The molecule has 1 aromatic heterocycles. The van der Waals surface area contributed by atoms with Gasteiger partial charge in [0, 0.05) is 21.7 Å². The van der Waals surface area contributed by atoms with Crippen molar-refractivity contribution >= 4 is 51.7 Å². The van der Waals surface area contributed by atoms with Gasteiger partial charge in [-0.3, -0.25) is 10.1 Å². The zero-order valence-corrected chi connectivity index (χ0v) is 12.9. The molecule has 1 aromatic carbocycles. The largest absolute Gasteiger partial charge is 0.297 e. The molecular weight excluding hydrogens is 317 g/mol. The van der Waals surface area contributed by atoms with Crippen molar-refractivity contribution in [1.29, 1.82) is 0 Å². The number of carbonyl (C=O) groups excluding carboxylic acids is 1. The molecule has 0 radical (unpaired) electrons. The van der Waals surface area contributed by atoms with Crippen LogP contribution < -0.4 is 5.32 Å². The Morgan fingerprint density at radius 1 is 1.35 bits per heavy atom. The maximum absolute atomic E-state index is 11.8. The summed E-state index contributed by atoms with van der Waals surface area (Å²) in [4.78, 5) is 11.8. The van der Waals surface area contributed by atoms with Gasteiger partial charge in [-0.1, -0.05) is 47.5 Å². The van der Waals surface area contributed by atoms with Gasteiger partial charge in [-0.2, -0.15) is 0 Å². The molecule has 0 saturated carbocycles. The van der Waals surface area contributed by atoms with E-state index in [4.69, 9.17) is 23.2 Å². The summed E-state index contributed by atoms with van der Waals surface area (Å²) in [7, 11) is 0. The minimum Gasteiger partial charge on any atom is -0.297 e. The lowest BCUT2D eigenvalue weighted by atomic mass is 10.2. The fourth-order valence-corrected chi connectivity index (χ4v) is 2.63. The Labute approximate surface area is 130 Å². The summed E-state index contributed by atoms with van der Waals surface area (Å²) in [5.74, 6) is -0.306. The van der Waals surface area contributed by atoms with E-state index < -0.39 is 0 Å². The average Bonchev–Trinajstić information content (AvgIpc) is 2.86. The summed E-state index contributed by atoms with van der Waals surface area (Å²) >= 11 is 13.4. The molecule has 20 heavy (non-hydrogen) atoms. The van der Waals surface area contributed by atoms with Crippen molar-refractivity contribution in [2.75, 3.05) is 5.32 Å². The van der Waals surface area contributed by atoms with E-state index >= 15 is 0 Å². The zero-order valence-electron chi connectivity index (χ0n) is 10.6. The van der Waals surface area contributed by atoms with Crippen LogP contribution in [0, 0.1) is 0 Å². The van der Waals surface area contributed by atoms with Crippen LogP contribution in [0.3, 0.4) is 0 Å². The molecule has 2 rings (SSSR count). The first-order chi connectivity index (χ1) is 9.60. The van der Waals surface area contributed by atoms with Crippen LogP contribution in [0.5, 0.6) is 0 Å². The summed E-state index contributed by atoms with van der Waals surface area (Å²) in [5.41, 5.74) is 0.609. The number of benzene rings is 1. The first-order valence-corrected chi connectivity index (χ1v) is 7.43. The molecule has 1 amide bonds. The smallest absolute Gasteiger partial charge is 0.250 e. The highest BCUT2D eigenvalue weighted by Gasteiger charge is 2.06. The summed E-state index contributed by atoms with van der Waals surface area (Å²) < 4.78 is 0. The number of aromatic nitrogens is 2. The number of hydrogen-bond acceptors (Lipinski definition) is 4. The predicted molar refractivity (Wildman–Crippen MR) is 83.4 cm³/mol. The minimum absolute atomic E-state index is 0.306. The third-order valence-electron chi connectivity index (χ3n) is 2.40. The highest BCUT2D eigenvalue weighted by Crippen LogP contribution is 2.25. The van der Waals surface area contributed by atoms with Crippen LogP contribution in [0.15, 0.2) is 24.3 Å². The maximum Gasteiger partial charge on any atom is 0.250 e. The maximum atomic E-state index is 11.8. The SMILES string of the molecule is CCc1nnc(NC(=O)/C=C/c2c(Cl)cccc2Cl)s1. The van der Waals surface area contributed by atoms with E-state index in [9.17, 15) is 4.79 Å². The minimum atomic E-state index is -0.306. The van der Waals surface area contributed by atoms with E-state index in [0.717, 1.165) is 11.4 Å². The molecule has 0 atom stereocenters. The molecule has 104 valence electrons.